The molecule has 0 saturated heterocycles. The van der Waals surface area contributed by atoms with Gasteiger partial charge in [-0.15, -0.1) is 0 Å². The van der Waals surface area contributed by atoms with Gasteiger partial charge in [0.25, 0.3) is 0 Å². The molecule has 0 fully saturated rings. The summed E-state index contributed by atoms with van der Waals surface area (Å²) in [6.07, 6.45) is 7.39. The van der Waals surface area contributed by atoms with Crippen molar-refractivity contribution in [3.63, 3.8) is 0 Å². The lowest BCUT2D eigenvalue weighted by atomic mass is 10.2. The summed E-state index contributed by atoms with van der Waals surface area (Å²) in [6, 6.07) is 15.9. The molecular weight excluding hydrogens is 274 g/mol. The minimum atomic E-state index is 0.697. The van der Waals surface area contributed by atoms with E-state index in [-0.39, 0.29) is 0 Å². The van der Waals surface area contributed by atoms with Crippen molar-refractivity contribution in [3.8, 4) is 11.3 Å². The van der Waals surface area contributed by atoms with Gasteiger partial charge in [0.15, 0.2) is 5.65 Å². The summed E-state index contributed by atoms with van der Waals surface area (Å²) in [5, 5.41) is 0. The first-order valence-corrected chi connectivity index (χ1v) is 7.01. The van der Waals surface area contributed by atoms with Crippen LogP contribution in [-0.2, 0) is 0 Å². The summed E-state index contributed by atoms with van der Waals surface area (Å²) in [6.45, 7) is 0. The summed E-state index contributed by atoms with van der Waals surface area (Å²) < 4.78 is 5.39. The van der Waals surface area contributed by atoms with Crippen molar-refractivity contribution >= 4 is 23.3 Å². The van der Waals surface area contributed by atoms with Crippen LogP contribution in [-0.4, -0.2) is 15.0 Å². The molecular formula is C18H13N3O. The molecule has 3 aromatic heterocycles. The van der Waals surface area contributed by atoms with Gasteiger partial charge in [-0.3, -0.25) is 0 Å². The molecule has 106 valence electrons. The zero-order chi connectivity index (χ0) is 14.8. The van der Waals surface area contributed by atoms with Crippen molar-refractivity contribution in [2.75, 3.05) is 0 Å². The Labute approximate surface area is 127 Å². The third-order valence-corrected chi connectivity index (χ3v) is 3.39. The van der Waals surface area contributed by atoms with Gasteiger partial charge in [-0.1, -0.05) is 36.4 Å². The summed E-state index contributed by atoms with van der Waals surface area (Å²) in [4.78, 5) is 12.1. The van der Waals surface area contributed by atoms with E-state index in [9.17, 15) is 0 Å². The molecule has 0 bridgehead atoms. The number of aromatic nitrogens is 3. The smallest absolute Gasteiger partial charge is 0.178 e. The van der Waals surface area contributed by atoms with Gasteiger partial charge in [0, 0.05) is 11.8 Å². The molecule has 0 atom stereocenters. The predicted octanol–water partition coefficient (Wildman–Crippen LogP) is 4.39. The van der Waals surface area contributed by atoms with E-state index in [0.29, 0.717) is 5.65 Å². The summed E-state index contributed by atoms with van der Waals surface area (Å²) in [7, 11) is 0. The van der Waals surface area contributed by atoms with Crippen LogP contribution in [0.3, 0.4) is 0 Å². The van der Waals surface area contributed by atoms with Crippen LogP contribution in [0.25, 0.3) is 34.6 Å². The molecule has 0 unspecified atom stereocenters. The highest BCUT2D eigenvalue weighted by atomic mass is 16.3. The number of hydrogen-bond acceptors (Lipinski definition) is 3. The molecule has 0 aliphatic heterocycles. The fourth-order valence-corrected chi connectivity index (χ4v) is 2.31. The lowest BCUT2D eigenvalue weighted by Gasteiger charge is -1.94. The number of hydrogen-bond donors (Lipinski definition) is 1. The Morgan fingerprint density at radius 3 is 2.73 bits per heavy atom. The van der Waals surface area contributed by atoms with Crippen molar-refractivity contribution < 1.29 is 4.42 Å². The molecule has 0 spiro atoms. The number of pyridine rings is 1. The van der Waals surface area contributed by atoms with E-state index < -0.39 is 0 Å². The number of aromatic amines is 1. The molecule has 1 aromatic carbocycles. The third-order valence-electron chi connectivity index (χ3n) is 3.39. The zero-order valence-corrected chi connectivity index (χ0v) is 11.7. The van der Waals surface area contributed by atoms with Crippen LogP contribution in [0.4, 0.5) is 0 Å². The summed E-state index contributed by atoms with van der Waals surface area (Å²) in [5.41, 5.74) is 3.65. The zero-order valence-electron chi connectivity index (χ0n) is 11.7. The number of rotatable bonds is 3. The topological polar surface area (TPSA) is 54.7 Å². The fraction of sp³-hybridized carbons (Fsp3) is 0. The Kier molecular flexibility index (Phi) is 3.05. The Morgan fingerprint density at radius 1 is 1.00 bits per heavy atom. The molecule has 0 amide bonds. The molecule has 4 heteroatoms. The Morgan fingerprint density at radius 2 is 1.91 bits per heavy atom. The van der Waals surface area contributed by atoms with Crippen LogP contribution < -0.4 is 0 Å². The lowest BCUT2D eigenvalue weighted by molar-refractivity contribution is 0.582. The number of nitrogens with one attached hydrogen (secondary N) is 1. The maximum atomic E-state index is 5.39. The Balaban J connectivity index is 1.67. The highest BCUT2D eigenvalue weighted by Crippen LogP contribution is 2.22. The summed E-state index contributed by atoms with van der Waals surface area (Å²) in [5.74, 6) is 1.58. The fourth-order valence-electron chi connectivity index (χ4n) is 2.31. The monoisotopic (exact) mass is 287 g/mol. The second-order valence-electron chi connectivity index (χ2n) is 4.94. The molecule has 4 rings (SSSR count). The van der Waals surface area contributed by atoms with E-state index in [1.54, 1.807) is 12.5 Å². The average Bonchev–Trinajstić information content (AvgIpc) is 3.22. The molecule has 0 aliphatic rings. The average molecular weight is 287 g/mol. The highest BCUT2D eigenvalue weighted by Gasteiger charge is 2.06. The van der Waals surface area contributed by atoms with Gasteiger partial charge in [0.1, 0.15) is 11.6 Å². The molecule has 22 heavy (non-hydrogen) atoms. The first-order chi connectivity index (χ1) is 10.9. The van der Waals surface area contributed by atoms with Crippen molar-refractivity contribution in [2.45, 2.75) is 0 Å². The van der Waals surface area contributed by atoms with Crippen LogP contribution in [0, 0.1) is 0 Å². The van der Waals surface area contributed by atoms with E-state index in [2.05, 4.69) is 15.0 Å². The van der Waals surface area contributed by atoms with E-state index >= 15 is 0 Å². The van der Waals surface area contributed by atoms with Crippen molar-refractivity contribution in [3.05, 3.63) is 72.4 Å². The quantitative estimate of drug-likeness (QED) is 0.608. The van der Waals surface area contributed by atoms with Gasteiger partial charge in [0.05, 0.1) is 11.8 Å². The van der Waals surface area contributed by atoms with Crippen molar-refractivity contribution in [2.24, 2.45) is 0 Å². The van der Waals surface area contributed by atoms with Gasteiger partial charge >= 0.3 is 0 Å². The number of fused-ring (bicyclic) bond motifs is 1. The Bertz CT molecular complexity index is 922. The maximum Gasteiger partial charge on any atom is 0.178 e. The molecule has 3 heterocycles. The number of furan rings is 1. The molecule has 0 radical (unpaired) electrons. The van der Waals surface area contributed by atoms with Gasteiger partial charge in [-0.25, -0.2) is 9.97 Å². The molecule has 1 N–H and O–H groups in total. The van der Waals surface area contributed by atoms with E-state index in [1.807, 2.05) is 60.7 Å². The van der Waals surface area contributed by atoms with Crippen molar-refractivity contribution in [1.82, 2.24) is 15.0 Å². The molecule has 4 aromatic rings. The first-order valence-electron chi connectivity index (χ1n) is 7.01. The summed E-state index contributed by atoms with van der Waals surface area (Å²) >= 11 is 0. The second kappa shape index (κ2) is 5.33. The predicted molar refractivity (Wildman–Crippen MR) is 87.0 cm³/mol. The van der Waals surface area contributed by atoms with Crippen LogP contribution in [0.5, 0.6) is 0 Å². The van der Waals surface area contributed by atoms with Gasteiger partial charge in [0.2, 0.25) is 0 Å². The minimum Gasteiger partial charge on any atom is -0.464 e. The molecule has 4 nitrogen and oxygen atoms in total. The van der Waals surface area contributed by atoms with E-state index in [4.69, 9.17) is 4.42 Å². The normalized spacial score (nSPS) is 11.5. The van der Waals surface area contributed by atoms with Crippen molar-refractivity contribution in [1.29, 1.82) is 0 Å². The van der Waals surface area contributed by atoms with Crippen LogP contribution >= 0.6 is 0 Å². The standard InChI is InChI=1S/C18H13N3O/c1-2-5-13(6-3-1)8-9-17-20-15-11-14(12-19-18(15)21-17)16-7-4-10-22-16/h1-12H,(H,19,20,21)/b9-8+. The van der Waals surface area contributed by atoms with Gasteiger partial charge in [-0.2, -0.15) is 0 Å². The third kappa shape index (κ3) is 2.42. The van der Waals surface area contributed by atoms with Crippen LogP contribution in [0.15, 0.2) is 65.4 Å². The largest absolute Gasteiger partial charge is 0.464 e. The van der Waals surface area contributed by atoms with Gasteiger partial charge in [-0.05, 0) is 29.8 Å². The maximum absolute atomic E-state index is 5.39. The number of benzene rings is 1. The van der Waals surface area contributed by atoms with E-state index in [0.717, 1.165) is 28.2 Å². The van der Waals surface area contributed by atoms with Gasteiger partial charge < -0.3 is 9.40 Å². The first kappa shape index (κ1) is 12.6. The number of nitrogens with zero attached hydrogens (tertiary/aromatic N) is 2. The highest BCUT2D eigenvalue weighted by molar-refractivity contribution is 5.79. The minimum absolute atomic E-state index is 0.697. The lowest BCUT2D eigenvalue weighted by Crippen LogP contribution is -1.79. The van der Waals surface area contributed by atoms with E-state index in [1.165, 1.54) is 0 Å². The second-order valence-corrected chi connectivity index (χ2v) is 4.94. The molecule has 0 saturated carbocycles. The Hall–Kier alpha value is -3.14. The number of H-pyrrole nitrogens is 1. The van der Waals surface area contributed by atoms with Crippen LogP contribution in [0.1, 0.15) is 11.4 Å². The number of imidazole rings is 1. The SMILES string of the molecule is C(=C\c1nc2ncc(-c3ccco3)cc2[nH]1)/c1ccccc1. The molecule has 0 aliphatic carbocycles. The van der Waals surface area contributed by atoms with Crippen LogP contribution in [0.2, 0.25) is 0 Å².